The van der Waals surface area contributed by atoms with Crippen molar-refractivity contribution in [2.24, 2.45) is 0 Å². The number of carboxylic acids is 1. The first-order valence-electron chi connectivity index (χ1n) is 41.0. The number of nitrogens with one attached hydrogen (secondary N) is 2. The average molecular weight is 1460 g/mol. The van der Waals surface area contributed by atoms with Crippen molar-refractivity contribution < 1.29 is 104 Å². The molecule has 600 valence electrons. The molecule has 3 heterocycles. The number of hydrogen-bond acceptors (Lipinski definition) is 20. The molecule has 14 N–H and O–H groups in total. The van der Waals surface area contributed by atoms with E-state index in [0.29, 0.717) is 19.3 Å². The highest BCUT2D eigenvalue weighted by Gasteiger charge is 2.60. The first-order chi connectivity index (χ1) is 49.4. The summed E-state index contributed by atoms with van der Waals surface area (Å²) in [6, 6.07) is -2.53. The highest BCUT2D eigenvalue weighted by molar-refractivity contribution is 5.77. The van der Waals surface area contributed by atoms with Gasteiger partial charge < -0.3 is 100 Å². The van der Waals surface area contributed by atoms with Gasteiger partial charge in [0.2, 0.25) is 11.8 Å². The first kappa shape index (κ1) is 93.7. The Morgan fingerprint density at radius 2 is 0.912 bits per heavy atom. The third-order valence-corrected chi connectivity index (χ3v) is 21.0. The molecule has 18 unspecified atom stereocenters. The predicted octanol–water partition coefficient (Wildman–Crippen LogP) is 11.0. The Kier molecular flexibility index (Phi) is 53.7. The molecule has 23 heteroatoms. The van der Waals surface area contributed by atoms with Crippen LogP contribution in [0.3, 0.4) is 0 Å². The van der Waals surface area contributed by atoms with Crippen LogP contribution in [0.15, 0.2) is 12.2 Å². The van der Waals surface area contributed by atoms with E-state index in [0.717, 1.165) is 64.7 Å². The minimum absolute atomic E-state index is 0.223. The second-order valence-electron chi connectivity index (χ2n) is 30.0. The number of carbonyl (C=O) groups excluding carboxylic acids is 2. The van der Waals surface area contributed by atoms with Gasteiger partial charge in [0.05, 0.1) is 50.7 Å². The van der Waals surface area contributed by atoms with E-state index in [9.17, 15) is 75.7 Å². The van der Waals surface area contributed by atoms with Gasteiger partial charge in [-0.2, -0.15) is 0 Å². The summed E-state index contributed by atoms with van der Waals surface area (Å²) >= 11 is 0. The van der Waals surface area contributed by atoms with Crippen molar-refractivity contribution in [1.82, 2.24) is 10.6 Å². The fraction of sp³-hybridized carbons (Fsp3) is 0.937. The molecular formula is C79H148N2O21. The van der Waals surface area contributed by atoms with Crippen molar-refractivity contribution in [3.63, 3.8) is 0 Å². The molecule has 3 aliphatic heterocycles. The Balaban J connectivity index is 1.51. The molecule has 102 heavy (non-hydrogen) atoms. The van der Waals surface area contributed by atoms with Crippen molar-refractivity contribution in [3.8, 4) is 0 Å². The lowest BCUT2D eigenvalue weighted by molar-refractivity contribution is -0.386. The summed E-state index contributed by atoms with van der Waals surface area (Å²) < 4.78 is 35.0. The summed E-state index contributed by atoms with van der Waals surface area (Å²) in [5.41, 5.74) is 0. The Labute approximate surface area is 613 Å². The first-order valence-corrected chi connectivity index (χ1v) is 41.0. The topological polar surface area (TPSA) is 373 Å². The van der Waals surface area contributed by atoms with Crippen LogP contribution in [-0.2, 0) is 42.8 Å². The molecule has 0 spiro atoms. The number of aliphatic carboxylic acids is 1. The highest BCUT2D eigenvalue weighted by Crippen LogP contribution is 2.39. The maximum absolute atomic E-state index is 13.6. The molecule has 18 atom stereocenters. The van der Waals surface area contributed by atoms with Crippen LogP contribution < -0.4 is 10.6 Å². The summed E-state index contributed by atoms with van der Waals surface area (Å²) in [5, 5.41) is 137. The van der Waals surface area contributed by atoms with Crippen LogP contribution in [0.1, 0.15) is 335 Å². The molecule has 0 radical (unpaired) electrons. The number of carbonyl (C=O) groups is 3. The molecule has 0 aromatic carbocycles. The zero-order valence-corrected chi connectivity index (χ0v) is 63.5. The number of amides is 2. The molecule has 3 saturated heterocycles. The zero-order valence-electron chi connectivity index (χ0n) is 63.5. The molecule has 3 fully saturated rings. The van der Waals surface area contributed by atoms with Crippen LogP contribution in [0, 0.1) is 0 Å². The van der Waals surface area contributed by atoms with E-state index in [2.05, 4.69) is 36.6 Å². The largest absolute Gasteiger partial charge is 0.477 e. The van der Waals surface area contributed by atoms with Crippen LogP contribution in [0.25, 0.3) is 0 Å². The minimum Gasteiger partial charge on any atom is -0.477 e. The van der Waals surface area contributed by atoms with E-state index >= 15 is 0 Å². The summed E-state index contributed by atoms with van der Waals surface area (Å²) in [5.74, 6) is -6.09. The van der Waals surface area contributed by atoms with Gasteiger partial charge in [-0.05, 0) is 38.5 Å². The van der Waals surface area contributed by atoms with Crippen molar-refractivity contribution >= 4 is 17.8 Å². The number of rotatable bonds is 65. The fourth-order valence-electron chi connectivity index (χ4n) is 14.5. The number of aliphatic hydroxyl groups excluding tert-OH is 11. The molecule has 0 aliphatic carbocycles. The van der Waals surface area contributed by atoms with Gasteiger partial charge in [-0.1, -0.05) is 289 Å². The SMILES string of the molecule is CCCCCCCCCCCCCC/C=C\CCCCCCCCCCCC(=O)NC(COC1OC(CO)C(OC2OC(CO)C(O)C(OC3(C(=O)O)CC(O)C(NC(C)=O)C(C(O)C(O)CO)O3)C2O)C(O)C1O)C(O)CCCCCCCCCCCCCCCCCCCCCCCCC. The number of aliphatic hydroxyl groups is 11. The van der Waals surface area contributed by atoms with Crippen LogP contribution >= 0.6 is 0 Å². The standard InChI is InChI=1S/C79H148N2O21/c1-4-6-8-10-12-14-16-18-20-22-24-26-28-29-31-33-35-37-39-41-43-45-47-49-51-53-66(89)81-60(61(86)52-50-48-46-44-42-40-38-36-34-32-30-27-25-23-21-19-17-15-13-11-9-7-5-2)58-97-76-71(93)70(92)73(65(57-84)99-76)100-77-72(94)75(69(91)64(56-83)98-77)102-79(78(95)96)54-62(87)67(80-59(3)85)74(101-79)68(90)63(88)55-82/h29,31,60-65,67-77,82-84,86-88,90-94H,4-28,30,32-58H2,1-3H3,(H,80,85)(H,81,89)(H,95,96)/b31-29-. The Hall–Kier alpha value is -2.53. The molecule has 0 aromatic heterocycles. The molecule has 23 nitrogen and oxygen atoms in total. The fourth-order valence-corrected chi connectivity index (χ4v) is 14.5. The van der Waals surface area contributed by atoms with E-state index in [-0.39, 0.29) is 18.9 Å². The maximum atomic E-state index is 13.6. The van der Waals surface area contributed by atoms with Crippen LogP contribution in [0.5, 0.6) is 0 Å². The summed E-state index contributed by atoms with van der Waals surface area (Å²) in [6.45, 7) is 2.26. The second-order valence-corrected chi connectivity index (χ2v) is 30.0. The van der Waals surface area contributed by atoms with Gasteiger partial charge in [0.15, 0.2) is 12.6 Å². The average Bonchev–Trinajstić information content (AvgIpc) is 0.755. The Bertz CT molecular complexity index is 2080. The predicted molar refractivity (Wildman–Crippen MR) is 394 cm³/mol. The molecule has 2 amide bonds. The lowest BCUT2D eigenvalue weighted by atomic mass is 9.88. The van der Waals surface area contributed by atoms with Crippen LogP contribution in [0.2, 0.25) is 0 Å². The van der Waals surface area contributed by atoms with Crippen molar-refractivity contribution in [1.29, 1.82) is 0 Å². The Morgan fingerprint density at radius 1 is 0.500 bits per heavy atom. The minimum atomic E-state index is -3.08. The van der Waals surface area contributed by atoms with Crippen molar-refractivity contribution in [2.75, 3.05) is 26.4 Å². The summed E-state index contributed by atoms with van der Waals surface area (Å²) in [6.07, 6.45) is 33.4. The zero-order chi connectivity index (χ0) is 74.6. The molecule has 0 saturated carbocycles. The number of ether oxygens (including phenoxy) is 6. The van der Waals surface area contributed by atoms with Gasteiger partial charge in [-0.3, -0.25) is 9.59 Å². The maximum Gasteiger partial charge on any atom is 0.364 e. The lowest BCUT2D eigenvalue weighted by Crippen LogP contribution is -2.70. The molecule has 3 rings (SSSR count). The number of carboxylic acid groups (broad SMARTS) is 1. The van der Waals surface area contributed by atoms with Crippen molar-refractivity contribution in [2.45, 2.75) is 445 Å². The van der Waals surface area contributed by atoms with E-state index in [4.69, 9.17) is 28.4 Å². The van der Waals surface area contributed by atoms with Crippen LogP contribution in [-0.4, -0.2) is 215 Å². The highest BCUT2D eigenvalue weighted by atomic mass is 16.8. The number of unbranched alkanes of at least 4 members (excludes halogenated alkanes) is 43. The summed E-state index contributed by atoms with van der Waals surface area (Å²) in [7, 11) is 0. The van der Waals surface area contributed by atoms with Gasteiger partial charge in [-0.25, -0.2) is 4.79 Å². The van der Waals surface area contributed by atoms with Gasteiger partial charge in [0, 0.05) is 19.8 Å². The molecule has 0 aromatic rings. The monoisotopic (exact) mass is 1460 g/mol. The second kappa shape index (κ2) is 58.5. The van der Waals surface area contributed by atoms with Gasteiger partial charge in [-0.15, -0.1) is 0 Å². The normalized spacial score (nSPS) is 26.7. The van der Waals surface area contributed by atoms with E-state index in [1.807, 2.05) is 0 Å². The van der Waals surface area contributed by atoms with E-state index < -0.39 is 148 Å². The summed E-state index contributed by atoms with van der Waals surface area (Å²) in [4.78, 5) is 38.7. The van der Waals surface area contributed by atoms with Crippen molar-refractivity contribution in [3.05, 3.63) is 12.2 Å². The number of allylic oxidation sites excluding steroid dienone is 2. The molecule has 3 aliphatic rings. The lowest BCUT2D eigenvalue weighted by Gasteiger charge is -2.50. The van der Waals surface area contributed by atoms with E-state index in [1.54, 1.807) is 0 Å². The van der Waals surface area contributed by atoms with Gasteiger partial charge >= 0.3 is 5.97 Å². The smallest absolute Gasteiger partial charge is 0.364 e. The molecular weight excluding hydrogens is 1310 g/mol. The third kappa shape index (κ3) is 38.5. The Morgan fingerprint density at radius 3 is 1.32 bits per heavy atom. The molecule has 0 bridgehead atoms. The number of hydrogen-bond donors (Lipinski definition) is 14. The van der Waals surface area contributed by atoms with E-state index in [1.165, 1.54) is 225 Å². The van der Waals surface area contributed by atoms with Gasteiger partial charge in [0.25, 0.3) is 5.79 Å². The van der Waals surface area contributed by atoms with Crippen LogP contribution in [0.4, 0.5) is 0 Å². The van der Waals surface area contributed by atoms with Gasteiger partial charge in [0.1, 0.15) is 67.1 Å². The third-order valence-electron chi connectivity index (χ3n) is 21.0. The quantitative estimate of drug-likeness (QED) is 0.0199.